The van der Waals surface area contributed by atoms with E-state index in [2.05, 4.69) is 15.3 Å². The van der Waals surface area contributed by atoms with Gasteiger partial charge in [-0.25, -0.2) is 14.8 Å². The number of hydrogen-bond acceptors (Lipinski definition) is 4. The van der Waals surface area contributed by atoms with Crippen molar-refractivity contribution in [3.8, 4) is 0 Å². The van der Waals surface area contributed by atoms with Crippen molar-refractivity contribution in [1.82, 2.24) is 9.97 Å². The van der Waals surface area contributed by atoms with Gasteiger partial charge in [0.05, 0.1) is 11.1 Å². The van der Waals surface area contributed by atoms with Gasteiger partial charge in [-0.1, -0.05) is 12.1 Å². The van der Waals surface area contributed by atoms with Crippen molar-refractivity contribution in [1.29, 1.82) is 0 Å². The molecule has 0 bridgehead atoms. The summed E-state index contributed by atoms with van der Waals surface area (Å²) in [6.45, 7) is 0.0936. The summed E-state index contributed by atoms with van der Waals surface area (Å²) in [7, 11) is 0. The lowest BCUT2D eigenvalue weighted by Crippen LogP contribution is -2.08. The summed E-state index contributed by atoms with van der Waals surface area (Å²) >= 11 is 0. The predicted octanol–water partition coefficient (Wildman–Crippen LogP) is 2.81. The Morgan fingerprint density at radius 2 is 1.90 bits per heavy atom. The highest BCUT2D eigenvalue weighted by molar-refractivity contribution is 5.86. The van der Waals surface area contributed by atoms with Gasteiger partial charge >= 0.3 is 12.1 Å². The fourth-order valence-corrected chi connectivity index (χ4v) is 1.57. The van der Waals surface area contributed by atoms with Crippen LogP contribution in [0.3, 0.4) is 0 Å². The van der Waals surface area contributed by atoms with Crippen LogP contribution in [0.15, 0.2) is 36.7 Å². The third-order valence-electron chi connectivity index (χ3n) is 2.60. The van der Waals surface area contributed by atoms with Gasteiger partial charge in [0.25, 0.3) is 0 Å². The summed E-state index contributed by atoms with van der Waals surface area (Å²) in [6.07, 6.45) is -2.16. The first kappa shape index (κ1) is 14.8. The molecule has 1 heterocycles. The molecular formula is C13H10F3N3O2. The van der Waals surface area contributed by atoms with Gasteiger partial charge in [0.1, 0.15) is 0 Å². The highest BCUT2D eigenvalue weighted by Gasteiger charge is 2.30. The molecule has 0 aliphatic heterocycles. The van der Waals surface area contributed by atoms with E-state index in [0.29, 0.717) is 5.56 Å². The summed E-state index contributed by atoms with van der Waals surface area (Å²) in [5.41, 5.74) is -0.390. The number of carboxylic acids is 1. The minimum absolute atomic E-state index is 0.0698. The third kappa shape index (κ3) is 3.91. The summed E-state index contributed by atoms with van der Waals surface area (Å²) in [5.74, 6) is -1.02. The maximum Gasteiger partial charge on any atom is 0.416 e. The van der Waals surface area contributed by atoms with Gasteiger partial charge in [-0.2, -0.15) is 13.2 Å². The second-order valence-electron chi connectivity index (χ2n) is 4.15. The van der Waals surface area contributed by atoms with Crippen molar-refractivity contribution in [2.24, 2.45) is 0 Å². The summed E-state index contributed by atoms with van der Waals surface area (Å²) in [4.78, 5) is 18.1. The Bertz CT molecular complexity index is 642. The summed E-state index contributed by atoms with van der Waals surface area (Å²) in [5, 5.41) is 11.4. The summed E-state index contributed by atoms with van der Waals surface area (Å²) < 4.78 is 37.7. The van der Waals surface area contributed by atoms with Crippen LogP contribution in [0.4, 0.5) is 19.1 Å². The molecule has 2 aromatic rings. The first-order valence-electron chi connectivity index (χ1n) is 5.81. The van der Waals surface area contributed by atoms with E-state index in [4.69, 9.17) is 5.11 Å². The molecule has 0 atom stereocenters. The van der Waals surface area contributed by atoms with Crippen molar-refractivity contribution >= 4 is 11.9 Å². The molecule has 0 unspecified atom stereocenters. The fraction of sp³-hybridized carbons (Fsp3) is 0.154. The molecule has 0 aliphatic rings. The summed E-state index contributed by atoms with van der Waals surface area (Å²) in [6, 6.07) is 4.86. The predicted molar refractivity (Wildman–Crippen MR) is 67.8 cm³/mol. The van der Waals surface area contributed by atoms with Crippen LogP contribution in [0.5, 0.6) is 0 Å². The number of carbonyl (C=O) groups is 1. The lowest BCUT2D eigenvalue weighted by atomic mass is 10.1. The molecule has 0 radical (unpaired) electrons. The zero-order valence-corrected chi connectivity index (χ0v) is 10.6. The van der Waals surface area contributed by atoms with E-state index in [9.17, 15) is 18.0 Å². The first-order chi connectivity index (χ1) is 9.86. The topological polar surface area (TPSA) is 75.1 Å². The zero-order chi connectivity index (χ0) is 15.5. The highest BCUT2D eigenvalue weighted by Crippen LogP contribution is 2.29. The molecule has 110 valence electrons. The molecular weight excluding hydrogens is 287 g/mol. The number of nitrogens with one attached hydrogen (secondary N) is 1. The van der Waals surface area contributed by atoms with Crippen LogP contribution in [-0.2, 0) is 12.7 Å². The maximum absolute atomic E-state index is 12.6. The second-order valence-corrected chi connectivity index (χ2v) is 4.15. The Kier molecular flexibility index (Phi) is 4.06. The number of aromatic carboxylic acids is 1. The minimum atomic E-state index is -4.39. The number of hydrogen-bond donors (Lipinski definition) is 2. The zero-order valence-electron chi connectivity index (χ0n) is 10.6. The molecule has 0 fully saturated rings. The van der Waals surface area contributed by atoms with Gasteiger partial charge in [0, 0.05) is 18.9 Å². The van der Waals surface area contributed by atoms with Gasteiger partial charge in [0.2, 0.25) is 5.95 Å². The van der Waals surface area contributed by atoms with E-state index in [1.54, 1.807) is 0 Å². The molecule has 0 aliphatic carbocycles. The monoisotopic (exact) mass is 297 g/mol. The molecule has 2 N–H and O–H groups in total. The molecule has 0 saturated heterocycles. The Balaban J connectivity index is 2.04. The molecule has 0 amide bonds. The van der Waals surface area contributed by atoms with E-state index in [-0.39, 0.29) is 18.1 Å². The van der Waals surface area contributed by atoms with E-state index < -0.39 is 17.7 Å². The van der Waals surface area contributed by atoms with Crippen LogP contribution < -0.4 is 5.32 Å². The lowest BCUT2D eigenvalue weighted by molar-refractivity contribution is -0.137. The Hall–Kier alpha value is -2.64. The SMILES string of the molecule is O=C(O)c1cnc(NCc2cccc(C(F)(F)F)c2)nc1. The van der Waals surface area contributed by atoms with E-state index >= 15 is 0 Å². The van der Waals surface area contributed by atoms with Crippen LogP contribution in [0.2, 0.25) is 0 Å². The van der Waals surface area contributed by atoms with Gasteiger partial charge in [-0.3, -0.25) is 0 Å². The maximum atomic E-state index is 12.6. The van der Waals surface area contributed by atoms with Crippen LogP contribution in [-0.4, -0.2) is 21.0 Å². The Labute approximate surface area is 117 Å². The van der Waals surface area contributed by atoms with Crippen molar-refractivity contribution < 1.29 is 23.1 Å². The van der Waals surface area contributed by atoms with Gasteiger partial charge in [0.15, 0.2) is 0 Å². The third-order valence-corrected chi connectivity index (χ3v) is 2.60. The highest BCUT2D eigenvalue weighted by atomic mass is 19.4. The molecule has 2 rings (SSSR count). The van der Waals surface area contributed by atoms with E-state index in [1.165, 1.54) is 12.1 Å². The van der Waals surface area contributed by atoms with E-state index in [1.807, 2.05) is 0 Å². The quantitative estimate of drug-likeness (QED) is 0.907. The van der Waals surface area contributed by atoms with Gasteiger partial charge in [-0.05, 0) is 17.7 Å². The number of nitrogens with zero attached hydrogens (tertiary/aromatic N) is 2. The Morgan fingerprint density at radius 3 is 2.48 bits per heavy atom. The molecule has 8 heteroatoms. The van der Waals surface area contributed by atoms with Crippen molar-refractivity contribution in [3.05, 3.63) is 53.3 Å². The lowest BCUT2D eigenvalue weighted by Gasteiger charge is -2.09. The van der Waals surface area contributed by atoms with Crippen molar-refractivity contribution in [3.63, 3.8) is 0 Å². The average molecular weight is 297 g/mol. The molecule has 1 aromatic carbocycles. The smallest absolute Gasteiger partial charge is 0.416 e. The molecule has 0 saturated carbocycles. The second kappa shape index (κ2) is 5.78. The number of benzene rings is 1. The molecule has 0 spiro atoms. The van der Waals surface area contributed by atoms with E-state index in [0.717, 1.165) is 24.5 Å². The van der Waals surface area contributed by atoms with Crippen LogP contribution >= 0.6 is 0 Å². The molecule has 21 heavy (non-hydrogen) atoms. The van der Waals surface area contributed by atoms with Crippen LogP contribution in [0.1, 0.15) is 21.5 Å². The van der Waals surface area contributed by atoms with Crippen LogP contribution in [0, 0.1) is 0 Å². The van der Waals surface area contributed by atoms with Crippen molar-refractivity contribution in [2.75, 3.05) is 5.32 Å². The number of rotatable bonds is 4. The first-order valence-corrected chi connectivity index (χ1v) is 5.81. The standard InChI is InChI=1S/C13H10F3N3O2/c14-13(15,16)10-3-1-2-8(4-10)5-17-12-18-6-9(7-19-12)11(20)21/h1-4,6-7H,5H2,(H,20,21)(H,17,18,19). The fourth-order valence-electron chi connectivity index (χ4n) is 1.57. The molecule has 1 aromatic heterocycles. The van der Waals surface area contributed by atoms with Gasteiger partial charge < -0.3 is 10.4 Å². The van der Waals surface area contributed by atoms with Crippen LogP contribution in [0.25, 0.3) is 0 Å². The Morgan fingerprint density at radius 1 is 1.24 bits per heavy atom. The number of aromatic nitrogens is 2. The largest absolute Gasteiger partial charge is 0.478 e. The number of anilines is 1. The number of halogens is 3. The average Bonchev–Trinajstić information content (AvgIpc) is 2.45. The number of carboxylic acid groups (broad SMARTS) is 1. The van der Waals surface area contributed by atoms with Gasteiger partial charge in [-0.15, -0.1) is 0 Å². The normalized spacial score (nSPS) is 11.2. The number of alkyl halides is 3. The molecule has 5 nitrogen and oxygen atoms in total. The minimum Gasteiger partial charge on any atom is -0.478 e. The van der Waals surface area contributed by atoms with Crippen molar-refractivity contribution in [2.45, 2.75) is 12.7 Å².